The van der Waals surface area contributed by atoms with E-state index >= 15 is 0 Å². The van der Waals surface area contributed by atoms with E-state index in [1.54, 1.807) is 29.7 Å². The van der Waals surface area contributed by atoms with Gasteiger partial charge in [0.1, 0.15) is 4.21 Å². The molecule has 0 saturated heterocycles. The highest BCUT2D eigenvalue weighted by Crippen LogP contribution is 2.23. The second kappa shape index (κ2) is 9.06. The molecule has 7 heteroatoms. The molecule has 1 N–H and O–H groups in total. The van der Waals surface area contributed by atoms with Crippen molar-refractivity contribution in [2.75, 3.05) is 0 Å². The van der Waals surface area contributed by atoms with Crippen molar-refractivity contribution in [2.24, 2.45) is 0 Å². The summed E-state index contributed by atoms with van der Waals surface area (Å²) in [6, 6.07) is 23.0. The molecular formula is C24H18ClNO3S2. The smallest absolute Gasteiger partial charge is 0.269 e. The van der Waals surface area contributed by atoms with Crippen molar-refractivity contribution in [3.8, 4) is 0 Å². The third-order valence-electron chi connectivity index (χ3n) is 4.73. The molecule has 0 atom stereocenters. The summed E-state index contributed by atoms with van der Waals surface area (Å²) in [5.74, 6) is -0.718. The summed E-state index contributed by atoms with van der Waals surface area (Å²) in [4.78, 5) is 12.2. The Morgan fingerprint density at radius 1 is 0.968 bits per heavy atom. The van der Waals surface area contributed by atoms with Crippen LogP contribution in [0.5, 0.6) is 0 Å². The van der Waals surface area contributed by atoms with E-state index in [-0.39, 0.29) is 4.21 Å². The summed E-state index contributed by atoms with van der Waals surface area (Å²) < 4.78 is 26.6. The maximum absolute atomic E-state index is 12.2. The first-order valence-electron chi connectivity index (χ1n) is 9.45. The number of sulfonamides is 1. The first-order valence-corrected chi connectivity index (χ1v) is 12.2. The number of hydrogen-bond donors (Lipinski definition) is 1. The Hall–Kier alpha value is -2.93. The molecule has 0 bridgehead atoms. The van der Waals surface area contributed by atoms with Crippen LogP contribution in [0, 0.1) is 0 Å². The molecule has 3 aromatic carbocycles. The van der Waals surface area contributed by atoms with E-state index in [9.17, 15) is 13.2 Å². The molecule has 0 aliphatic heterocycles. The minimum atomic E-state index is -3.87. The van der Waals surface area contributed by atoms with Gasteiger partial charge in [0.25, 0.3) is 15.9 Å². The van der Waals surface area contributed by atoms with E-state index in [4.69, 9.17) is 11.6 Å². The summed E-state index contributed by atoms with van der Waals surface area (Å²) >= 11 is 7.21. The molecule has 0 aliphatic rings. The number of carbonyl (C=O) groups is 1. The average Bonchev–Trinajstić information content (AvgIpc) is 3.30. The van der Waals surface area contributed by atoms with E-state index in [0.29, 0.717) is 11.4 Å². The number of fused-ring (bicyclic) bond motifs is 1. The van der Waals surface area contributed by atoms with Gasteiger partial charge in [-0.2, -0.15) is 0 Å². The maximum atomic E-state index is 12.2. The van der Waals surface area contributed by atoms with Crippen molar-refractivity contribution in [1.82, 2.24) is 4.72 Å². The highest BCUT2D eigenvalue weighted by atomic mass is 35.5. The van der Waals surface area contributed by atoms with Gasteiger partial charge in [0, 0.05) is 11.1 Å². The van der Waals surface area contributed by atoms with Crippen molar-refractivity contribution in [1.29, 1.82) is 0 Å². The van der Waals surface area contributed by atoms with Crippen LogP contribution in [0.15, 0.2) is 88.5 Å². The fourth-order valence-corrected chi connectivity index (χ4v) is 5.37. The molecule has 0 unspecified atom stereocenters. The molecule has 0 radical (unpaired) electrons. The third-order valence-corrected chi connectivity index (χ3v) is 7.70. The lowest BCUT2D eigenvalue weighted by molar-refractivity contribution is -0.114. The quantitative estimate of drug-likeness (QED) is 0.372. The van der Waals surface area contributed by atoms with Crippen LogP contribution in [0.2, 0.25) is 5.02 Å². The van der Waals surface area contributed by atoms with Gasteiger partial charge in [-0.05, 0) is 63.5 Å². The second-order valence-electron chi connectivity index (χ2n) is 6.94. The van der Waals surface area contributed by atoms with Crippen molar-refractivity contribution in [2.45, 2.75) is 10.6 Å². The van der Waals surface area contributed by atoms with Gasteiger partial charge in [0.15, 0.2) is 0 Å². The second-order valence-corrected chi connectivity index (χ2v) is 10.2. The van der Waals surface area contributed by atoms with Crippen LogP contribution in [-0.4, -0.2) is 14.3 Å². The number of hydrogen-bond acceptors (Lipinski definition) is 4. The molecule has 1 aromatic heterocycles. The Bertz CT molecular complexity index is 1380. The summed E-state index contributed by atoms with van der Waals surface area (Å²) in [5.41, 5.74) is 2.86. The third kappa shape index (κ3) is 5.22. The number of thiophene rings is 1. The predicted octanol–water partition coefficient (Wildman–Crippen LogP) is 5.66. The lowest BCUT2D eigenvalue weighted by atomic mass is 9.97. The Morgan fingerprint density at radius 3 is 2.55 bits per heavy atom. The van der Waals surface area contributed by atoms with Gasteiger partial charge in [-0.15, -0.1) is 11.3 Å². The normalized spacial score (nSPS) is 11.8. The summed E-state index contributed by atoms with van der Waals surface area (Å²) in [6.45, 7) is 0. The molecule has 4 rings (SSSR count). The van der Waals surface area contributed by atoms with Crippen LogP contribution < -0.4 is 4.72 Å². The molecule has 0 fully saturated rings. The predicted molar refractivity (Wildman–Crippen MR) is 127 cm³/mol. The number of amides is 1. The number of rotatable bonds is 6. The van der Waals surface area contributed by atoms with Gasteiger partial charge in [0.05, 0.1) is 0 Å². The number of halogens is 1. The van der Waals surface area contributed by atoms with Gasteiger partial charge in [0.2, 0.25) is 0 Å². The summed E-state index contributed by atoms with van der Waals surface area (Å²) in [6.07, 6.45) is 3.44. The largest absolute Gasteiger partial charge is 0.273 e. The van der Waals surface area contributed by atoms with E-state index < -0.39 is 15.9 Å². The van der Waals surface area contributed by atoms with Gasteiger partial charge in [-0.1, -0.05) is 66.2 Å². The molecule has 0 aliphatic carbocycles. The number of benzene rings is 3. The summed E-state index contributed by atoms with van der Waals surface area (Å²) in [7, 11) is -3.87. The van der Waals surface area contributed by atoms with Crippen molar-refractivity contribution < 1.29 is 13.2 Å². The minimum absolute atomic E-state index is 0.0917. The lowest BCUT2D eigenvalue weighted by Gasteiger charge is -2.09. The highest BCUT2D eigenvalue weighted by Gasteiger charge is 2.17. The Balaban J connectivity index is 1.55. The fraction of sp³-hybridized carbons (Fsp3) is 0.0417. The van der Waals surface area contributed by atoms with Gasteiger partial charge in [-0.3, -0.25) is 4.79 Å². The van der Waals surface area contributed by atoms with Crippen LogP contribution in [0.3, 0.4) is 0 Å². The molecule has 0 saturated carbocycles. The Morgan fingerprint density at radius 2 is 1.77 bits per heavy atom. The van der Waals surface area contributed by atoms with Crippen LogP contribution >= 0.6 is 22.9 Å². The van der Waals surface area contributed by atoms with Gasteiger partial charge < -0.3 is 0 Å². The molecule has 1 amide bonds. The fourth-order valence-electron chi connectivity index (χ4n) is 3.25. The molecule has 4 aromatic rings. The zero-order chi connectivity index (χ0) is 21.8. The van der Waals surface area contributed by atoms with E-state index in [1.807, 2.05) is 18.2 Å². The molecule has 4 nitrogen and oxygen atoms in total. The first-order chi connectivity index (χ1) is 14.9. The lowest BCUT2D eigenvalue weighted by Crippen LogP contribution is -2.28. The molecule has 156 valence electrons. The molecule has 1 heterocycles. The topological polar surface area (TPSA) is 63.2 Å². The Labute approximate surface area is 189 Å². The molecular weight excluding hydrogens is 450 g/mol. The SMILES string of the molecule is O=C(C=Cc1cc(Cl)ccc1Cc1ccc2ccccc2c1)NS(=O)(=O)c1cccs1. The minimum Gasteiger partial charge on any atom is -0.269 e. The van der Waals surface area contributed by atoms with Crippen molar-refractivity contribution >= 4 is 55.7 Å². The van der Waals surface area contributed by atoms with Crippen molar-refractivity contribution in [3.05, 3.63) is 106 Å². The number of nitrogens with one attached hydrogen (secondary N) is 1. The summed E-state index contributed by atoms with van der Waals surface area (Å²) in [5, 5.41) is 4.50. The van der Waals surface area contributed by atoms with Crippen molar-refractivity contribution in [3.63, 3.8) is 0 Å². The van der Waals surface area contributed by atoms with Crippen LogP contribution in [0.1, 0.15) is 16.7 Å². The van der Waals surface area contributed by atoms with Gasteiger partial charge >= 0.3 is 0 Å². The van der Waals surface area contributed by atoms with Crippen LogP contribution in [-0.2, 0) is 21.2 Å². The van der Waals surface area contributed by atoms with E-state index in [2.05, 4.69) is 35.1 Å². The standard InChI is InChI=1S/C24H18ClNO3S2/c25-22-11-9-20(15-17-7-8-18-4-1-2-5-19(18)14-17)21(16-22)10-12-23(27)26-31(28,29)24-6-3-13-30-24/h1-14,16H,15H2,(H,26,27). The number of carbonyl (C=O) groups excluding carboxylic acids is 1. The first kappa shape index (κ1) is 21.3. The molecule has 0 spiro atoms. The van der Waals surface area contributed by atoms with Gasteiger partial charge in [-0.25, -0.2) is 13.1 Å². The zero-order valence-electron chi connectivity index (χ0n) is 16.3. The zero-order valence-corrected chi connectivity index (χ0v) is 18.7. The van der Waals surface area contributed by atoms with E-state index in [0.717, 1.165) is 33.4 Å². The van der Waals surface area contributed by atoms with E-state index in [1.165, 1.54) is 17.5 Å². The average molecular weight is 468 g/mol. The monoisotopic (exact) mass is 467 g/mol. The highest BCUT2D eigenvalue weighted by molar-refractivity contribution is 7.92. The van der Waals surface area contributed by atoms with Crippen LogP contribution in [0.4, 0.5) is 0 Å². The van der Waals surface area contributed by atoms with Crippen LogP contribution in [0.25, 0.3) is 16.8 Å². The maximum Gasteiger partial charge on any atom is 0.273 e. The molecule has 31 heavy (non-hydrogen) atoms. The Kier molecular flexibility index (Phi) is 6.23.